The second-order valence-corrected chi connectivity index (χ2v) is 8.34. The molecule has 1 heterocycles. The van der Waals surface area contributed by atoms with Gasteiger partial charge in [-0.05, 0) is 30.4 Å². The van der Waals surface area contributed by atoms with Crippen LogP contribution in [-0.4, -0.2) is 58.5 Å². The lowest BCUT2D eigenvalue weighted by atomic mass is 10.0. The van der Waals surface area contributed by atoms with Crippen molar-refractivity contribution in [3.05, 3.63) is 47.5 Å². The number of amides is 1. The smallest absolute Gasteiger partial charge is 0.411 e. The molecule has 1 amide bonds. The first-order valence-corrected chi connectivity index (χ1v) is 11.2. The van der Waals surface area contributed by atoms with Gasteiger partial charge >= 0.3 is 12.1 Å². The number of benzene rings is 1. The van der Waals surface area contributed by atoms with E-state index in [2.05, 4.69) is 4.74 Å². The van der Waals surface area contributed by atoms with Gasteiger partial charge < -0.3 is 19.8 Å². The molecule has 1 aliphatic rings. The standard InChI is InChI=1S/C24H32F3NO5/c25-24(26,27)17-33-16-19-7-5-6-18(14-19)15-21(29)11-9-20-10-12-22(30)28(20)13-4-2-1-3-8-23(31)32/h5-7,9,11,14,20-21,29H,1-4,8,10,12-13,15-17H2,(H,31,32)/t20-,21+/m0/s1. The molecule has 184 valence electrons. The predicted octanol–water partition coefficient (Wildman–Crippen LogP) is 4.25. The van der Waals surface area contributed by atoms with Crippen LogP contribution in [0.15, 0.2) is 36.4 Å². The van der Waals surface area contributed by atoms with E-state index in [0.717, 1.165) is 24.8 Å². The van der Waals surface area contributed by atoms with Gasteiger partial charge in [0.05, 0.1) is 18.8 Å². The fraction of sp³-hybridized carbons (Fsp3) is 0.583. The number of unbranched alkanes of at least 4 members (excludes halogenated alkanes) is 3. The molecule has 1 aromatic rings. The normalized spacial score (nSPS) is 17.8. The Morgan fingerprint density at radius 1 is 1.21 bits per heavy atom. The van der Waals surface area contributed by atoms with Gasteiger partial charge in [-0.15, -0.1) is 0 Å². The van der Waals surface area contributed by atoms with Gasteiger partial charge in [0.1, 0.15) is 6.61 Å². The lowest BCUT2D eigenvalue weighted by Gasteiger charge is -2.22. The van der Waals surface area contributed by atoms with Crippen molar-refractivity contribution in [2.75, 3.05) is 13.2 Å². The summed E-state index contributed by atoms with van der Waals surface area (Å²) < 4.78 is 41.3. The van der Waals surface area contributed by atoms with Crippen LogP contribution >= 0.6 is 0 Å². The molecule has 2 atom stereocenters. The molecule has 0 radical (unpaired) electrons. The zero-order valence-electron chi connectivity index (χ0n) is 18.6. The minimum atomic E-state index is -4.37. The Morgan fingerprint density at radius 2 is 1.94 bits per heavy atom. The van der Waals surface area contributed by atoms with Crippen LogP contribution in [0.3, 0.4) is 0 Å². The number of likely N-dealkylation sites (tertiary alicyclic amines) is 1. The number of nitrogens with zero attached hydrogens (tertiary/aromatic N) is 1. The maximum atomic E-state index is 12.2. The first kappa shape index (κ1) is 26.9. The van der Waals surface area contributed by atoms with Gasteiger partial charge in [0.25, 0.3) is 0 Å². The summed E-state index contributed by atoms with van der Waals surface area (Å²) in [5.41, 5.74) is 1.38. The third kappa shape index (κ3) is 10.9. The number of carboxylic acid groups (broad SMARTS) is 1. The third-order valence-electron chi connectivity index (χ3n) is 5.44. The molecule has 0 aromatic heterocycles. The third-order valence-corrected chi connectivity index (χ3v) is 5.44. The zero-order valence-corrected chi connectivity index (χ0v) is 18.6. The van der Waals surface area contributed by atoms with E-state index >= 15 is 0 Å². The minimum Gasteiger partial charge on any atom is -0.481 e. The first-order valence-electron chi connectivity index (χ1n) is 11.2. The Kier molecular flexibility index (Phi) is 10.9. The van der Waals surface area contributed by atoms with Crippen LogP contribution in [0.4, 0.5) is 13.2 Å². The highest BCUT2D eigenvalue weighted by Gasteiger charge is 2.29. The molecule has 33 heavy (non-hydrogen) atoms. The van der Waals surface area contributed by atoms with Crippen LogP contribution in [0, 0.1) is 0 Å². The number of carboxylic acids is 1. The fourth-order valence-electron chi connectivity index (χ4n) is 3.86. The van der Waals surface area contributed by atoms with Crippen molar-refractivity contribution in [2.24, 2.45) is 0 Å². The van der Waals surface area contributed by atoms with Crippen molar-refractivity contribution in [3.8, 4) is 0 Å². The average molecular weight is 472 g/mol. The Morgan fingerprint density at radius 3 is 2.67 bits per heavy atom. The summed E-state index contributed by atoms with van der Waals surface area (Å²) in [6, 6.07) is 6.81. The van der Waals surface area contributed by atoms with E-state index in [1.54, 1.807) is 35.2 Å². The summed E-state index contributed by atoms with van der Waals surface area (Å²) in [6.07, 6.45) is 3.08. The minimum absolute atomic E-state index is 0.0757. The number of hydrogen-bond acceptors (Lipinski definition) is 4. The molecule has 6 nitrogen and oxygen atoms in total. The van der Waals surface area contributed by atoms with Crippen molar-refractivity contribution in [2.45, 2.75) is 76.3 Å². The molecule has 0 saturated carbocycles. The SMILES string of the molecule is O=C(O)CCCCCCN1C(=O)CC[C@@H]1C=C[C@@H](O)Cc1cccc(COCC(F)(F)F)c1. The maximum absolute atomic E-state index is 12.2. The average Bonchev–Trinajstić information content (AvgIpc) is 3.07. The lowest BCUT2D eigenvalue weighted by molar-refractivity contribution is -0.176. The lowest BCUT2D eigenvalue weighted by Crippen LogP contribution is -2.32. The van der Waals surface area contributed by atoms with Gasteiger partial charge in [0.2, 0.25) is 5.91 Å². The number of hydrogen-bond donors (Lipinski definition) is 2. The van der Waals surface area contributed by atoms with Crippen LogP contribution in [0.25, 0.3) is 0 Å². The number of aliphatic hydroxyl groups is 1. The molecule has 2 N–H and O–H groups in total. The number of aliphatic carboxylic acids is 1. The van der Waals surface area contributed by atoms with Gasteiger partial charge in [-0.1, -0.05) is 49.3 Å². The molecule has 1 aromatic carbocycles. The van der Waals surface area contributed by atoms with Gasteiger partial charge in [-0.2, -0.15) is 13.2 Å². The number of carbonyl (C=O) groups is 2. The van der Waals surface area contributed by atoms with E-state index in [1.165, 1.54) is 0 Å². The van der Waals surface area contributed by atoms with Gasteiger partial charge in [0, 0.05) is 25.8 Å². The van der Waals surface area contributed by atoms with Gasteiger partial charge in [0.15, 0.2) is 0 Å². The summed E-state index contributed by atoms with van der Waals surface area (Å²) in [4.78, 5) is 24.5. The number of alkyl halides is 3. The van der Waals surface area contributed by atoms with Crippen LogP contribution in [0.2, 0.25) is 0 Å². The van der Waals surface area contributed by atoms with E-state index < -0.39 is 24.9 Å². The summed E-state index contributed by atoms with van der Waals surface area (Å²) in [7, 11) is 0. The number of aliphatic hydroxyl groups excluding tert-OH is 1. The first-order chi connectivity index (χ1) is 15.6. The van der Waals surface area contributed by atoms with Crippen LogP contribution in [0.1, 0.15) is 56.1 Å². The highest BCUT2D eigenvalue weighted by molar-refractivity contribution is 5.79. The zero-order chi connectivity index (χ0) is 24.3. The van der Waals surface area contributed by atoms with Crippen LogP contribution in [-0.2, 0) is 27.4 Å². The molecule has 1 aliphatic heterocycles. The predicted molar refractivity (Wildman–Crippen MR) is 116 cm³/mol. The molecular formula is C24H32F3NO5. The number of carbonyl (C=O) groups excluding carboxylic acids is 1. The van der Waals surface area contributed by atoms with Crippen LogP contribution in [0.5, 0.6) is 0 Å². The maximum Gasteiger partial charge on any atom is 0.411 e. The highest BCUT2D eigenvalue weighted by atomic mass is 19.4. The summed E-state index contributed by atoms with van der Waals surface area (Å²) in [5.74, 6) is -0.716. The van der Waals surface area contributed by atoms with Crippen molar-refractivity contribution in [1.82, 2.24) is 4.90 Å². The molecule has 0 aliphatic carbocycles. The second-order valence-electron chi connectivity index (χ2n) is 8.34. The Labute approximate surface area is 192 Å². The summed E-state index contributed by atoms with van der Waals surface area (Å²) in [6.45, 7) is -0.854. The van der Waals surface area contributed by atoms with Crippen molar-refractivity contribution in [1.29, 1.82) is 0 Å². The van der Waals surface area contributed by atoms with E-state index in [0.29, 0.717) is 37.8 Å². The molecule has 0 spiro atoms. The fourth-order valence-corrected chi connectivity index (χ4v) is 3.86. The van der Waals surface area contributed by atoms with Crippen molar-refractivity contribution in [3.63, 3.8) is 0 Å². The molecule has 1 saturated heterocycles. The summed E-state index contributed by atoms with van der Waals surface area (Å²) in [5, 5.41) is 19.0. The molecule has 1 fully saturated rings. The van der Waals surface area contributed by atoms with Crippen molar-refractivity contribution < 1.29 is 37.7 Å². The number of halogens is 3. The van der Waals surface area contributed by atoms with E-state index in [1.807, 2.05) is 6.08 Å². The van der Waals surface area contributed by atoms with E-state index in [-0.39, 0.29) is 25.0 Å². The topological polar surface area (TPSA) is 87.1 Å². The number of rotatable bonds is 14. The molecule has 9 heteroatoms. The molecule has 2 rings (SSSR count). The Hall–Kier alpha value is -2.39. The molecule has 0 bridgehead atoms. The molecular weight excluding hydrogens is 439 g/mol. The summed E-state index contributed by atoms with van der Waals surface area (Å²) >= 11 is 0. The quantitative estimate of drug-likeness (QED) is 0.313. The van der Waals surface area contributed by atoms with E-state index in [4.69, 9.17) is 5.11 Å². The Bertz CT molecular complexity index is 797. The van der Waals surface area contributed by atoms with Crippen LogP contribution < -0.4 is 0 Å². The van der Waals surface area contributed by atoms with Crippen molar-refractivity contribution >= 4 is 11.9 Å². The monoisotopic (exact) mass is 471 g/mol. The van der Waals surface area contributed by atoms with Gasteiger partial charge in [-0.25, -0.2) is 0 Å². The van der Waals surface area contributed by atoms with E-state index in [9.17, 15) is 27.9 Å². The Balaban J connectivity index is 1.79. The highest BCUT2D eigenvalue weighted by Crippen LogP contribution is 2.21. The molecule has 0 unspecified atom stereocenters. The van der Waals surface area contributed by atoms with Gasteiger partial charge in [-0.3, -0.25) is 9.59 Å². The number of ether oxygens (including phenoxy) is 1. The second kappa shape index (κ2) is 13.3. The largest absolute Gasteiger partial charge is 0.481 e.